The Bertz CT molecular complexity index is 1280. The van der Waals surface area contributed by atoms with E-state index in [-0.39, 0.29) is 11.4 Å². The Balaban J connectivity index is 1.69. The summed E-state index contributed by atoms with van der Waals surface area (Å²) in [5.74, 6) is 0.485. The number of nitrogens with zero attached hydrogens (tertiary/aromatic N) is 1. The van der Waals surface area contributed by atoms with Crippen LogP contribution in [-0.2, 0) is 14.8 Å². The van der Waals surface area contributed by atoms with E-state index in [0.29, 0.717) is 22.9 Å². The highest BCUT2D eigenvalue weighted by Gasteiger charge is 2.37. The van der Waals surface area contributed by atoms with Crippen molar-refractivity contribution < 1.29 is 22.7 Å². The van der Waals surface area contributed by atoms with E-state index in [1.165, 1.54) is 23.5 Å². The predicted molar refractivity (Wildman–Crippen MR) is 128 cm³/mol. The number of methoxy groups -OCH3 is 1. The number of fused-ring (bicyclic) bond motifs is 1. The van der Waals surface area contributed by atoms with Crippen molar-refractivity contribution in [3.63, 3.8) is 0 Å². The van der Waals surface area contributed by atoms with Crippen LogP contribution in [0.5, 0.6) is 11.5 Å². The first-order chi connectivity index (χ1) is 15.7. The van der Waals surface area contributed by atoms with E-state index in [0.717, 1.165) is 16.7 Å². The third-order valence-electron chi connectivity index (χ3n) is 5.41. The van der Waals surface area contributed by atoms with Crippen LogP contribution in [0.15, 0.2) is 65.6 Å². The number of amides is 1. The second kappa shape index (κ2) is 8.78. The van der Waals surface area contributed by atoms with E-state index in [9.17, 15) is 13.2 Å². The summed E-state index contributed by atoms with van der Waals surface area (Å²) in [6.07, 6.45) is -1.02. The van der Waals surface area contributed by atoms with Gasteiger partial charge in [0.2, 0.25) is 0 Å². The van der Waals surface area contributed by atoms with Gasteiger partial charge in [-0.05, 0) is 86.0 Å². The maximum atomic E-state index is 13.5. The molecular weight excluding hydrogens is 440 g/mol. The van der Waals surface area contributed by atoms with Crippen molar-refractivity contribution in [2.45, 2.75) is 31.8 Å². The Morgan fingerprint density at radius 1 is 0.970 bits per heavy atom. The van der Waals surface area contributed by atoms with Crippen molar-refractivity contribution in [1.29, 1.82) is 0 Å². The molecule has 172 valence electrons. The zero-order valence-corrected chi connectivity index (χ0v) is 19.8. The fraction of sp³-hybridized carbons (Fsp3) is 0.240. The molecule has 1 N–H and O–H groups in total. The smallest absolute Gasteiger partial charge is 0.267 e. The lowest BCUT2D eigenvalue weighted by molar-refractivity contribution is -0.122. The van der Waals surface area contributed by atoms with Crippen LogP contribution in [0.1, 0.15) is 16.7 Å². The molecule has 1 heterocycles. The van der Waals surface area contributed by atoms with E-state index >= 15 is 0 Å². The minimum Gasteiger partial charge on any atom is -0.497 e. The molecule has 0 bridgehead atoms. The first-order valence-electron chi connectivity index (χ1n) is 10.5. The zero-order chi connectivity index (χ0) is 23.8. The largest absolute Gasteiger partial charge is 0.497 e. The number of benzene rings is 3. The molecule has 0 aromatic heterocycles. The van der Waals surface area contributed by atoms with Gasteiger partial charge in [0.1, 0.15) is 11.5 Å². The van der Waals surface area contributed by atoms with E-state index in [2.05, 4.69) is 5.32 Å². The molecule has 0 spiro atoms. The van der Waals surface area contributed by atoms with Crippen molar-refractivity contribution in [2.24, 2.45) is 0 Å². The van der Waals surface area contributed by atoms with E-state index in [1.54, 1.807) is 24.3 Å². The summed E-state index contributed by atoms with van der Waals surface area (Å²) in [6, 6.07) is 17.1. The van der Waals surface area contributed by atoms with E-state index < -0.39 is 22.0 Å². The fourth-order valence-corrected chi connectivity index (χ4v) is 5.35. The van der Waals surface area contributed by atoms with Crippen LogP contribution in [0.2, 0.25) is 0 Å². The Morgan fingerprint density at radius 3 is 2.27 bits per heavy atom. The highest BCUT2D eigenvalue weighted by atomic mass is 32.2. The van der Waals surface area contributed by atoms with E-state index in [4.69, 9.17) is 9.47 Å². The molecule has 0 aliphatic carbocycles. The number of ether oxygens (including phenoxy) is 2. The van der Waals surface area contributed by atoms with Crippen molar-refractivity contribution in [2.75, 3.05) is 23.3 Å². The third-order valence-corrected chi connectivity index (χ3v) is 7.21. The highest BCUT2D eigenvalue weighted by molar-refractivity contribution is 7.92. The number of hydrogen-bond acceptors (Lipinski definition) is 5. The molecule has 33 heavy (non-hydrogen) atoms. The van der Waals surface area contributed by atoms with Gasteiger partial charge in [-0.3, -0.25) is 9.10 Å². The summed E-state index contributed by atoms with van der Waals surface area (Å²) in [4.78, 5) is 13.2. The molecule has 1 aliphatic heterocycles. The molecule has 1 aliphatic rings. The summed E-state index contributed by atoms with van der Waals surface area (Å²) < 4.78 is 39.4. The Hall–Kier alpha value is -3.52. The second-order valence-electron chi connectivity index (χ2n) is 8.15. The van der Waals surface area contributed by atoms with Crippen molar-refractivity contribution in [3.8, 4) is 11.5 Å². The van der Waals surface area contributed by atoms with Crippen molar-refractivity contribution in [1.82, 2.24) is 0 Å². The summed E-state index contributed by atoms with van der Waals surface area (Å²) >= 11 is 0. The van der Waals surface area contributed by atoms with Gasteiger partial charge in [0.05, 0.1) is 24.2 Å². The van der Waals surface area contributed by atoms with Gasteiger partial charge in [0.15, 0.2) is 6.10 Å². The lowest BCUT2D eigenvalue weighted by Gasteiger charge is -2.35. The number of nitrogens with one attached hydrogen (secondary N) is 1. The molecule has 0 unspecified atom stereocenters. The molecule has 0 saturated carbocycles. The Kier molecular flexibility index (Phi) is 6.03. The van der Waals surface area contributed by atoms with Crippen LogP contribution in [0.4, 0.5) is 11.4 Å². The number of anilines is 2. The minimum atomic E-state index is -3.95. The average molecular weight is 467 g/mol. The standard InChI is InChI=1S/C25H26N2O5S/c1-16-5-10-22-23(14-16)32-24(25(28)26-19-12-17(2)11-18(3)13-19)15-27(22)33(29,30)21-8-6-20(31-4)7-9-21/h5-14,24H,15H2,1-4H3,(H,26,28)/t24-/m0/s1. The molecule has 7 nitrogen and oxygen atoms in total. The van der Waals surface area contributed by atoms with Gasteiger partial charge in [0.25, 0.3) is 15.9 Å². The Morgan fingerprint density at radius 2 is 1.64 bits per heavy atom. The van der Waals surface area contributed by atoms with Crippen LogP contribution in [-0.4, -0.2) is 34.1 Å². The Labute approximate surface area is 194 Å². The fourth-order valence-electron chi connectivity index (χ4n) is 3.87. The third kappa shape index (κ3) is 4.66. The summed E-state index contributed by atoms with van der Waals surface area (Å²) in [5, 5.41) is 2.86. The number of carbonyl (C=O) groups excluding carboxylic acids is 1. The van der Waals surface area contributed by atoms with E-state index in [1.807, 2.05) is 45.0 Å². The molecule has 4 rings (SSSR count). The van der Waals surface area contributed by atoms with Gasteiger partial charge in [-0.15, -0.1) is 0 Å². The minimum absolute atomic E-state index is 0.102. The predicted octanol–water partition coefficient (Wildman–Crippen LogP) is 4.22. The quantitative estimate of drug-likeness (QED) is 0.609. The van der Waals surface area contributed by atoms with Crippen molar-refractivity contribution >= 4 is 27.3 Å². The SMILES string of the molecule is COc1ccc(S(=O)(=O)N2C[C@@H](C(=O)Nc3cc(C)cc(C)c3)Oc3cc(C)ccc32)cc1. The first kappa shape index (κ1) is 22.7. The number of rotatable bonds is 5. The normalized spacial score (nSPS) is 15.4. The average Bonchev–Trinajstić information content (AvgIpc) is 2.77. The van der Waals surface area contributed by atoms with Crippen LogP contribution >= 0.6 is 0 Å². The number of aryl methyl sites for hydroxylation is 3. The van der Waals surface area contributed by atoms with Gasteiger partial charge in [-0.2, -0.15) is 0 Å². The second-order valence-corrected chi connectivity index (χ2v) is 10.0. The van der Waals surface area contributed by atoms with Gasteiger partial charge >= 0.3 is 0 Å². The summed E-state index contributed by atoms with van der Waals surface area (Å²) in [6.45, 7) is 5.62. The number of carbonyl (C=O) groups is 1. The summed E-state index contributed by atoms with van der Waals surface area (Å²) in [5.41, 5.74) is 3.96. The molecular formula is C25H26N2O5S. The molecule has 3 aromatic carbocycles. The lowest BCUT2D eigenvalue weighted by atomic mass is 10.1. The van der Waals surface area contributed by atoms with Crippen LogP contribution in [0.3, 0.4) is 0 Å². The summed E-state index contributed by atoms with van der Waals surface area (Å²) in [7, 11) is -2.43. The molecule has 0 saturated heterocycles. The molecule has 0 fully saturated rings. The van der Waals surface area contributed by atoms with Crippen LogP contribution in [0, 0.1) is 20.8 Å². The maximum absolute atomic E-state index is 13.5. The van der Waals surface area contributed by atoms with Crippen molar-refractivity contribution in [3.05, 3.63) is 77.4 Å². The molecule has 0 radical (unpaired) electrons. The van der Waals surface area contributed by atoms with Crippen LogP contribution < -0.4 is 19.1 Å². The molecule has 1 atom stereocenters. The number of hydrogen-bond donors (Lipinski definition) is 1. The molecule has 3 aromatic rings. The monoisotopic (exact) mass is 466 g/mol. The van der Waals surface area contributed by atoms with Gasteiger partial charge in [-0.25, -0.2) is 8.42 Å². The maximum Gasteiger partial charge on any atom is 0.267 e. The molecule has 1 amide bonds. The van der Waals surface area contributed by atoms with Gasteiger partial charge < -0.3 is 14.8 Å². The van der Waals surface area contributed by atoms with Gasteiger partial charge in [0, 0.05) is 5.69 Å². The van der Waals surface area contributed by atoms with Crippen LogP contribution in [0.25, 0.3) is 0 Å². The number of sulfonamides is 1. The zero-order valence-electron chi connectivity index (χ0n) is 19.0. The molecule has 8 heteroatoms. The topological polar surface area (TPSA) is 84.9 Å². The van der Waals surface area contributed by atoms with Gasteiger partial charge in [-0.1, -0.05) is 12.1 Å². The lowest BCUT2D eigenvalue weighted by Crippen LogP contribution is -2.48. The first-order valence-corrected chi connectivity index (χ1v) is 11.9. The highest BCUT2D eigenvalue weighted by Crippen LogP contribution is 2.38.